The normalized spacial score (nSPS) is 10.8. The van der Waals surface area contributed by atoms with Crippen LogP contribution in [0.15, 0.2) is 47.1 Å². The van der Waals surface area contributed by atoms with Gasteiger partial charge < -0.3 is 5.32 Å². The van der Waals surface area contributed by atoms with E-state index >= 15 is 0 Å². The average molecular weight is 478 g/mol. The number of carbonyl (C=O) groups excluding carboxylic acids is 1. The highest BCUT2D eigenvalue weighted by molar-refractivity contribution is 9.10. The molecule has 4 nitrogen and oxygen atoms in total. The molecular formula is C17H10BrCl3FN3O. The van der Waals surface area contributed by atoms with Crippen molar-refractivity contribution < 1.29 is 9.18 Å². The molecule has 0 aliphatic heterocycles. The third-order valence-electron chi connectivity index (χ3n) is 3.53. The maximum absolute atomic E-state index is 13.9. The van der Waals surface area contributed by atoms with Gasteiger partial charge in [-0.1, -0.05) is 46.9 Å². The minimum absolute atomic E-state index is 0.109. The summed E-state index contributed by atoms with van der Waals surface area (Å²) in [7, 11) is 0. The highest BCUT2D eigenvalue weighted by atomic mass is 79.9. The van der Waals surface area contributed by atoms with E-state index in [1.807, 2.05) is 0 Å². The van der Waals surface area contributed by atoms with Crippen LogP contribution >= 0.6 is 50.7 Å². The highest BCUT2D eigenvalue weighted by Crippen LogP contribution is 2.28. The van der Waals surface area contributed by atoms with Crippen LogP contribution in [0.25, 0.3) is 0 Å². The number of carbonyl (C=O) groups is 1. The van der Waals surface area contributed by atoms with Gasteiger partial charge in [0.1, 0.15) is 5.82 Å². The van der Waals surface area contributed by atoms with E-state index in [9.17, 15) is 9.18 Å². The second-order valence-corrected chi connectivity index (χ2v) is 7.33. The summed E-state index contributed by atoms with van der Waals surface area (Å²) in [4.78, 5) is 12.4. The summed E-state index contributed by atoms with van der Waals surface area (Å²) in [5.41, 5.74) is 0.526. The Morgan fingerprint density at radius 2 is 1.85 bits per heavy atom. The fraction of sp³-hybridized carbons (Fsp3) is 0.0588. The summed E-state index contributed by atoms with van der Waals surface area (Å²) >= 11 is 21.3. The third kappa shape index (κ3) is 4.04. The number of halogens is 5. The standard InChI is InChI=1S/C17H10BrCl3FN3O/c18-11-8-25(7-10-12(19)4-2-6-14(10)22)24-16(11)23-17(26)9-3-1-5-13(20)15(9)21/h1-6,8H,7H2,(H,23,24,26). The van der Waals surface area contributed by atoms with Gasteiger partial charge in [-0.15, -0.1) is 0 Å². The molecule has 2 aromatic carbocycles. The monoisotopic (exact) mass is 475 g/mol. The molecule has 0 bridgehead atoms. The number of amides is 1. The Labute approximate surface area is 172 Å². The Hall–Kier alpha value is -1.60. The third-order valence-corrected chi connectivity index (χ3v) is 5.28. The highest BCUT2D eigenvalue weighted by Gasteiger charge is 2.17. The topological polar surface area (TPSA) is 46.9 Å². The maximum Gasteiger partial charge on any atom is 0.258 e. The number of nitrogens with zero attached hydrogens (tertiary/aromatic N) is 2. The Bertz CT molecular complexity index is 973. The van der Waals surface area contributed by atoms with Crippen LogP contribution in [-0.2, 0) is 6.54 Å². The van der Waals surface area contributed by atoms with Crippen LogP contribution in [0, 0.1) is 5.82 Å². The van der Waals surface area contributed by atoms with Crippen LogP contribution in [0.5, 0.6) is 0 Å². The zero-order valence-corrected chi connectivity index (χ0v) is 16.8. The molecule has 3 rings (SSSR count). The van der Waals surface area contributed by atoms with Gasteiger partial charge in [0.15, 0.2) is 5.82 Å². The molecular weight excluding hydrogens is 467 g/mol. The molecule has 26 heavy (non-hydrogen) atoms. The summed E-state index contributed by atoms with van der Waals surface area (Å²) in [6.45, 7) is 0.109. The van der Waals surface area contributed by atoms with Crippen LogP contribution in [-0.4, -0.2) is 15.7 Å². The first-order chi connectivity index (χ1) is 12.4. The van der Waals surface area contributed by atoms with Crippen LogP contribution in [0.2, 0.25) is 15.1 Å². The molecule has 0 fully saturated rings. The lowest BCUT2D eigenvalue weighted by atomic mass is 10.2. The molecule has 0 aliphatic carbocycles. The van der Waals surface area contributed by atoms with E-state index in [0.717, 1.165) is 0 Å². The fourth-order valence-corrected chi connectivity index (χ4v) is 3.29. The van der Waals surface area contributed by atoms with Crippen molar-refractivity contribution in [1.82, 2.24) is 9.78 Å². The summed E-state index contributed by atoms with van der Waals surface area (Å²) in [6, 6.07) is 9.21. The van der Waals surface area contributed by atoms with Gasteiger partial charge in [0, 0.05) is 16.8 Å². The van der Waals surface area contributed by atoms with Gasteiger partial charge in [0.25, 0.3) is 5.91 Å². The molecule has 0 unspecified atom stereocenters. The number of nitrogens with one attached hydrogen (secondary N) is 1. The van der Waals surface area contributed by atoms with E-state index in [1.54, 1.807) is 30.5 Å². The van der Waals surface area contributed by atoms with Crippen molar-refractivity contribution in [2.24, 2.45) is 0 Å². The van der Waals surface area contributed by atoms with Gasteiger partial charge in [0.05, 0.1) is 26.6 Å². The van der Waals surface area contributed by atoms with Crippen molar-refractivity contribution in [3.8, 4) is 0 Å². The first-order valence-electron chi connectivity index (χ1n) is 7.28. The smallest absolute Gasteiger partial charge is 0.258 e. The van der Waals surface area contributed by atoms with Gasteiger partial charge in [-0.05, 0) is 40.2 Å². The lowest BCUT2D eigenvalue weighted by Crippen LogP contribution is -2.14. The van der Waals surface area contributed by atoms with E-state index in [0.29, 0.717) is 15.1 Å². The number of benzene rings is 2. The molecule has 1 N–H and O–H groups in total. The van der Waals surface area contributed by atoms with Crippen molar-refractivity contribution in [2.75, 3.05) is 5.32 Å². The second kappa shape index (κ2) is 7.96. The van der Waals surface area contributed by atoms with Crippen molar-refractivity contribution in [3.63, 3.8) is 0 Å². The number of aromatic nitrogens is 2. The number of rotatable bonds is 4. The van der Waals surface area contributed by atoms with E-state index in [-0.39, 0.29) is 28.0 Å². The van der Waals surface area contributed by atoms with Crippen molar-refractivity contribution in [1.29, 1.82) is 0 Å². The second-order valence-electron chi connectivity index (χ2n) is 5.28. The molecule has 1 heterocycles. The van der Waals surface area contributed by atoms with Gasteiger partial charge in [-0.2, -0.15) is 5.10 Å². The first-order valence-corrected chi connectivity index (χ1v) is 9.20. The Kier molecular flexibility index (Phi) is 5.87. The SMILES string of the molecule is O=C(Nc1nn(Cc2c(F)cccc2Cl)cc1Br)c1cccc(Cl)c1Cl. The first kappa shape index (κ1) is 19.2. The van der Waals surface area contributed by atoms with Crippen LogP contribution in [0.3, 0.4) is 0 Å². The molecule has 1 aromatic heterocycles. The fourth-order valence-electron chi connectivity index (χ4n) is 2.26. The van der Waals surface area contributed by atoms with Crippen molar-refractivity contribution >= 4 is 62.5 Å². The molecule has 0 aliphatic rings. The molecule has 0 atom stereocenters. The summed E-state index contributed by atoms with van der Waals surface area (Å²) in [5, 5.41) is 7.61. The molecule has 0 radical (unpaired) electrons. The molecule has 0 spiro atoms. The average Bonchev–Trinajstić information content (AvgIpc) is 2.93. The quantitative estimate of drug-likeness (QED) is 0.498. The number of anilines is 1. The lowest BCUT2D eigenvalue weighted by Gasteiger charge is -2.07. The van der Waals surface area contributed by atoms with Gasteiger partial charge in [-0.3, -0.25) is 9.48 Å². The predicted octanol–water partition coefficient (Wildman–Crippen LogP) is 6.05. The van der Waals surface area contributed by atoms with Crippen molar-refractivity contribution in [3.05, 3.63) is 79.1 Å². The van der Waals surface area contributed by atoms with E-state index in [4.69, 9.17) is 34.8 Å². The van der Waals surface area contributed by atoms with Gasteiger partial charge in [-0.25, -0.2) is 4.39 Å². The van der Waals surface area contributed by atoms with E-state index in [2.05, 4.69) is 26.3 Å². The van der Waals surface area contributed by atoms with E-state index in [1.165, 1.54) is 16.8 Å². The summed E-state index contributed by atoms with van der Waals surface area (Å²) in [6.07, 6.45) is 1.61. The van der Waals surface area contributed by atoms with Crippen LogP contribution < -0.4 is 5.32 Å². The van der Waals surface area contributed by atoms with Crippen molar-refractivity contribution in [2.45, 2.75) is 6.54 Å². The Morgan fingerprint density at radius 1 is 1.15 bits per heavy atom. The molecule has 0 saturated heterocycles. The van der Waals surface area contributed by atoms with Gasteiger partial charge >= 0.3 is 0 Å². The van der Waals surface area contributed by atoms with Crippen LogP contribution in [0.1, 0.15) is 15.9 Å². The summed E-state index contributed by atoms with van der Waals surface area (Å²) in [5.74, 6) is -0.633. The minimum Gasteiger partial charge on any atom is -0.304 e. The molecule has 134 valence electrons. The maximum atomic E-state index is 13.9. The van der Waals surface area contributed by atoms with E-state index < -0.39 is 11.7 Å². The Morgan fingerprint density at radius 3 is 2.58 bits per heavy atom. The summed E-state index contributed by atoms with van der Waals surface area (Å²) < 4.78 is 15.9. The predicted molar refractivity (Wildman–Crippen MR) is 105 cm³/mol. The Balaban J connectivity index is 1.82. The molecule has 3 aromatic rings. The lowest BCUT2D eigenvalue weighted by molar-refractivity contribution is 0.102. The zero-order valence-electron chi connectivity index (χ0n) is 12.9. The molecule has 9 heteroatoms. The van der Waals surface area contributed by atoms with Gasteiger partial charge in [0.2, 0.25) is 0 Å². The number of hydrogen-bond donors (Lipinski definition) is 1. The number of hydrogen-bond acceptors (Lipinski definition) is 2. The minimum atomic E-state index is -0.465. The zero-order chi connectivity index (χ0) is 18.8. The molecule has 1 amide bonds. The van der Waals surface area contributed by atoms with Crippen LogP contribution in [0.4, 0.5) is 10.2 Å². The largest absolute Gasteiger partial charge is 0.304 e. The molecule has 0 saturated carbocycles.